The molecular formula is C92H107N23O10S3. The van der Waals surface area contributed by atoms with Crippen LogP contribution in [0.15, 0.2) is 210 Å². The second-order valence-electron chi connectivity index (χ2n) is 33.7. The number of benzene rings is 4. The van der Waals surface area contributed by atoms with Gasteiger partial charge in [-0.3, -0.25) is 28.1 Å². The first-order valence-electron chi connectivity index (χ1n) is 43.4. The third-order valence-corrected chi connectivity index (χ3v) is 29.6. The number of piperazine rings is 1. The van der Waals surface area contributed by atoms with E-state index in [1.54, 1.807) is 72.9 Å². The Kier molecular flexibility index (Phi) is 26.8. The molecule has 2 atom stereocenters. The van der Waals surface area contributed by atoms with E-state index in [-0.39, 0.29) is 64.8 Å². The molecule has 2 unspecified atom stereocenters. The first-order valence-corrected chi connectivity index (χ1v) is 48.0. The Morgan fingerprint density at radius 1 is 0.586 bits per heavy atom. The average molecular weight is 1790 g/mol. The van der Waals surface area contributed by atoms with Gasteiger partial charge in [-0.25, -0.2) is 58.1 Å². The van der Waals surface area contributed by atoms with Gasteiger partial charge in [-0.15, -0.1) is 0 Å². The molecule has 668 valence electrons. The number of hydrogen-bond donors (Lipinski definition) is 5. The van der Waals surface area contributed by atoms with E-state index in [1.807, 2.05) is 64.3 Å². The van der Waals surface area contributed by atoms with Crippen molar-refractivity contribution in [3.8, 4) is 5.75 Å². The van der Waals surface area contributed by atoms with Crippen LogP contribution in [-0.2, 0) is 49.7 Å². The first kappa shape index (κ1) is 89.0. The number of allylic oxidation sites excluding steroid dienone is 2. The van der Waals surface area contributed by atoms with E-state index in [0.29, 0.717) is 117 Å². The lowest BCUT2D eigenvalue weighted by molar-refractivity contribution is 0.333. The number of rotatable bonds is 29. The Morgan fingerprint density at radius 3 is 1.73 bits per heavy atom. The molecule has 2 saturated carbocycles. The second kappa shape index (κ2) is 38.6. The van der Waals surface area contributed by atoms with Crippen molar-refractivity contribution in [2.24, 2.45) is 11.8 Å². The maximum absolute atomic E-state index is 14.0. The summed E-state index contributed by atoms with van der Waals surface area (Å²) in [7, 11) is -5.54. The summed E-state index contributed by atoms with van der Waals surface area (Å²) in [6, 6.07) is 39.5. The van der Waals surface area contributed by atoms with Crippen molar-refractivity contribution in [1.82, 2.24) is 91.1 Å². The van der Waals surface area contributed by atoms with Gasteiger partial charge in [0.05, 0.1) is 65.9 Å². The van der Waals surface area contributed by atoms with Gasteiger partial charge >= 0.3 is 0 Å². The summed E-state index contributed by atoms with van der Waals surface area (Å²) in [5.74, 6) is 2.53. The van der Waals surface area contributed by atoms with Crippen LogP contribution in [0.2, 0.25) is 0 Å². The number of ether oxygens (including phenoxy) is 1. The van der Waals surface area contributed by atoms with Crippen molar-refractivity contribution >= 4 is 115 Å². The standard InChI is InChI=1S/C32H34N8O3S.C31H38N8O3S.C29H35N7O4S/c1-22(2)23(3)28-19-24-20-35-32(36-25-9-11-26(12-10-25)38-16-13-33-14-17-38)37-30(24)39(31(28)41)21-29-34-15-18-40(29)44(42,43)27-7-5-4-6-8-27;1-21(22-6-7-22)28-17-25-19-33-31(35-26-10-8-23(9-11-26)24-5-4-13-32-18-24)36-29(25)38(30(28)40)20-27-12-14-34-39(27)43(41,42)16-15-37(2)3;1-3-40-26-14-22-15-31-29(32-23-10-8-20(9-11-23)21-12-13-34(2)17-21)33-27(22)35(28(26)37)18-24-16-30-19-36(24)41(38,39)25-6-4-5-7-25/h4-12,15,18-20,22,33H,3,13-14,16-17,21H2,1-2H3,(H,35,36,37);8-12,14,17,19,22,24,32H,1,4-7,13,15-16,18,20H2,2-3H3,(H,33,35,36);8-11,14-16,19,21,25H,3-7,12-13,17-18H2,1-2H3,(H,31,32,33). The zero-order valence-electron chi connectivity index (χ0n) is 72.7. The number of fused-ring (bicyclic) bond motifs is 3. The molecule has 5 N–H and O–H groups in total. The molecular weight excluding hydrogens is 1680 g/mol. The van der Waals surface area contributed by atoms with E-state index >= 15 is 0 Å². The predicted octanol–water partition coefficient (Wildman–Crippen LogP) is 11.2. The molecule has 33 nitrogen and oxygen atoms in total. The van der Waals surface area contributed by atoms with E-state index < -0.39 is 40.9 Å². The van der Waals surface area contributed by atoms with Gasteiger partial charge in [-0.05, 0) is 217 Å². The molecule has 3 aliphatic heterocycles. The van der Waals surface area contributed by atoms with Crippen molar-refractivity contribution in [2.45, 2.75) is 120 Å². The molecule has 12 heterocycles. The highest BCUT2D eigenvalue weighted by Crippen LogP contribution is 2.41. The highest BCUT2D eigenvalue weighted by molar-refractivity contribution is 7.90. The van der Waals surface area contributed by atoms with Gasteiger partial charge in [0, 0.05) is 127 Å². The van der Waals surface area contributed by atoms with E-state index in [2.05, 4.69) is 123 Å². The SMILES string of the molecule is C=C(c1cc2cnc(Nc3ccc(C4CCCNC4)cc3)nc2n(Cc2ccnn2S(=O)(=O)CCN(C)C)c1=O)C1CC1.C=C(c1cc2cnc(Nc3ccc(N4CCNCC4)cc3)nc2n(Cc2nccn2S(=O)(=O)c2ccccc2)c1=O)C(C)C.CCOc1cc2cnc(Nc3ccc(C4CCN(C)C4)cc3)nc2n(Cc2cncn2S(=O)(=O)C2CCCC2)c1=O. The van der Waals surface area contributed by atoms with Crippen LogP contribution in [0.3, 0.4) is 0 Å². The Bertz CT molecular complexity index is 6770. The summed E-state index contributed by atoms with van der Waals surface area (Å²) in [5.41, 5.74) is 9.47. The molecule has 128 heavy (non-hydrogen) atoms. The Morgan fingerprint density at radius 2 is 1.16 bits per heavy atom. The van der Waals surface area contributed by atoms with Crippen LogP contribution in [0.1, 0.15) is 130 Å². The number of hydrogen-bond acceptors (Lipinski definition) is 27. The molecule has 36 heteroatoms. The topological polar surface area (TPSA) is 378 Å². The number of pyridine rings is 3. The third-order valence-electron chi connectivity index (χ3n) is 24.1. The van der Waals surface area contributed by atoms with E-state index in [9.17, 15) is 39.6 Å². The largest absolute Gasteiger partial charge is 0.488 e. The number of likely N-dealkylation sites (tertiary alicyclic amines) is 1. The molecule has 3 saturated heterocycles. The van der Waals surface area contributed by atoms with Gasteiger partial charge in [0.15, 0.2) is 5.75 Å². The van der Waals surface area contributed by atoms with Gasteiger partial charge in [0.1, 0.15) is 29.1 Å². The van der Waals surface area contributed by atoms with Gasteiger partial charge in [-0.2, -0.15) is 24.1 Å². The van der Waals surface area contributed by atoms with Crippen LogP contribution in [-0.4, -0.2) is 203 Å². The molecule has 0 bridgehead atoms. The summed E-state index contributed by atoms with van der Waals surface area (Å²) in [5, 5.41) is 22.1. The van der Waals surface area contributed by atoms with Crippen LogP contribution in [0, 0.1) is 11.8 Å². The van der Waals surface area contributed by atoms with Crippen LogP contribution >= 0.6 is 0 Å². The normalized spacial score (nSPS) is 16.5. The van der Waals surface area contributed by atoms with Crippen LogP contribution < -0.4 is 52.9 Å². The minimum atomic E-state index is -3.94. The molecule has 9 aromatic heterocycles. The van der Waals surface area contributed by atoms with Crippen molar-refractivity contribution in [1.29, 1.82) is 0 Å². The van der Waals surface area contributed by atoms with E-state index in [1.165, 1.54) is 84.9 Å². The van der Waals surface area contributed by atoms with Crippen molar-refractivity contribution in [2.75, 3.05) is 113 Å². The Labute approximate surface area is 743 Å². The van der Waals surface area contributed by atoms with Crippen LogP contribution in [0.5, 0.6) is 5.75 Å². The highest BCUT2D eigenvalue weighted by atomic mass is 32.2. The molecule has 0 spiro atoms. The number of imidazole rings is 2. The average Bonchev–Trinajstić information content (AvgIpc) is 1.05. The number of likely N-dealkylation sites (N-methyl/N-ethyl adjacent to an activating group) is 1. The van der Waals surface area contributed by atoms with E-state index in [4.69, 9.17) is 19.7 Å². The summed E-state index contributed by atoms with van der Waals surface area (Å²) in [6.07, 6.45) is 20.6. The zero-order valence-corrected chi connectivity index (χ0v) is 75.1. The van der Waals surface area contributed by atoms with Gasteiger partial charge in [0.25, 0.3) is 36.7 Å². The number of nitrogens with zero attached hydrogens (tertiary/aromatic N) is 18. The lowest BCUT2D eigenvalue weighted by Crippen LogP contribution is -2.43. The van der Waals surface area contributed by atoms with Crippen molar-refractivity contribution in [3.63, 3.8) is 0 Å². The summed E-state index contributed by atoms with van der Waals surface area (Å²) in [4.78, 5) is 84.2. The Balaban J connectivity index is 0.000000141. The Hall–Kier alpha value is -12.5. The maximum Gasteiger partial charge on any atom is 0.294 e. The number of anilines is 7. The summed E-state index contributed by atoms with van der Waals surface area (Å²) in [6.45, 7) is 22.6. The molecule has 18 rings (SSSR count). The molecule has 0 radical (unpaired) electrons. The molecule has 13 aromatic rings. The van der Waals surface area contributed by atoms with Crippen molar-refractivity contribution in [3.05, 3.63) is 261 Å². The fraction of sp³-hybridized carbons (Fsp3) is 0.370. The van der Waals surface area contributed by atoms with E-state index in [0.717, 1.165) is 121 Å². The molecule has 4 aromatic carbocycles. The van der Waals surface area contributed by atoms with Crippen LogP contribution in [0.4, 0.5) is 40.6 Å². The molecule has 5 aliphatic rings. The number of aromatic nitrogens is 15. The lowest BCUT2D eigenvalue weighted by atomic mass is 9.92. The van der Waals surface area contributed by atoms with Gasteiger partial charge < -0.3 is 46.0 Å². The minimum Gasteiger partial charge on any atom is -0.488 e. The number of nitrogens with one attached hydrogen (secondary N) is 5. The quantitative estimate of drug-likeness (QED) is 0.0291. The highest BCUT2D eigenvalue weighted by Gasteiger charge is 2.34. The monoisotopic (exact) mass is 1790 g/mol. The third kappa shape index (κ3) is 19.9. The smallest absolute Gasteiger partial charge is 0.294 e. The summed E-state index contributed by atoms with van der Waals surface area (Å²) >= 11 is 0. The molecule has 0 amide bonds. The second-order valence-corrected chi connectivity index (χ2v) is 39.5. The maximum atomic E-state index is 14.0. The first-order chi connectivity index (χ1) is 61.7. The zero-order chi connectivity index (χ0) is 89.5. The van der Waals surface area contributed by atoms with Crippen molar-refractivity contribution < 1.29 is 30.0 Å². The predicted molar refractivity (Wildman–Crippen MR) is 499 cm³/mol. The lowest BCUT2D eigenvalue weighted by Gasteiger charge is -2.29. The summed E-state index contributed by atoms with van der Waals surface area (Å²) < 4.78 is 93.4. The van der Waals surface area contributed by atoms with Gasteiger partial charge in [-0.1, -0.05) is 82.3 Å². The van der Waals surface area contributed by atoms with Crippen LogP contribution in [0.25, 0.3) is 44.2 Å². The molecule has 2 aliphatic carbocycles. The molecule has 5 fully saturated rings. The minimum absolute atomic E-state index is 0.0140. The number of piperidine rings is 1. The fourth-order valence-corrected chi connectivity index (χ4v) is 21.4. The van der Waals surface area contributed by atoms with Gasteiger partial charge in [0.2, 0.25) is 27.9 Å². The fourth-order valence-electron chi connectivity index (χ4n) is 16.7.